The maximum Gasteiger partial charge on any atom is 0.280 e. The molecular formula is C20H19N3O3. The molecule has 132 valence electrons. The fraction of sp³-hybridized carbons (Fsp3) is 0.300. The third-order valence-corrected chi connectivity index (χ3v) is 5.06. The van der Waals surface area contributed by atoms with E-state index in [4.69, 9.17) is 0 Å². The summed E-state index contributed by atoms with van der Waals surface area (Å²) in [7, 11) is 0. The molecule has 1 aromatic carbocycles. The summed E-state index contributed by atoms with van der Waals surface area (Å²) in [4.78, 5) is 44.5. The van der Waals surface area contributed by atoms with Gasteiger partial charge in [-0.15, -0.1) is 0 Å². The summed E-state index contributed by atoms with van der Waals surface area (Å²) in [6.07, 6.45) is 3.27. The van der Waals surface area contributed by atoms with Crippen LogP contribution in [0.15, 0.2) is 42.6 Å². The van der Waals surface area contributed by atoms with E-state index in [2.05, 4.69) is 4.98 Å². The van der Waals surface area contributed by atoms with Crippen molar-refractivity contribution in [2.75, 3.05) is 13.1 Å². The van der Waals surface area contributed by atoms with Crippen molar-refractivity contribution in [2.24, 2.45) is 0 Å². The summed E-state index contributed by atoms with van der Waals surface area (Å²) in [5, 5.41) is 0. The molecule has 2 aromatic rings. The van der Waals surface area contributed by atoms with Crippen LogP contribution in [-0.2, 0) is 4.79 Å². The molecule has 0 bridgehead atoms. The van der Waals surface area contributed by atoms with Gasteiger partial charge in [-0.3, -0.25) is 24.3 Å². The van der Waals surface area contributed by atoms with Crippen LogP contribution < -0.4 is 0 Å². The first-order chi connectivity index (χ1) is 12.6. The Kier molecular flexibility index (Phi) is 4.03. The van der Waals surface area contributed by atoms with E-state index in [-0.39, 0.29) is 29.8 Å². The van der Waals surface area contributed by atoms with Crippen molar-refractivity contribution in [2.45, 2.75) is 25.8 Å². The van der Waals surface area contributed by atoms with Gasteiger partial charge >= 0.3 is 0 Å². The third-order valence-electron chi connectivity index (χ3n) is 5.06. The second kappa shape index (κ2) is 6.37. The van der Waals surface area contributed by atoms with Crippen LogP contribution in [0.4, 0.5) is 0 Å². The average molecular weight is 349 g/mol. The summed E-state index contributed by atoms with van der Waals surface area (Å²) in [5.74, 6) is -1.15. The molecule has 0 aliphatic carbocycles. The highest BCUT2D eigenvalue weighted by Crippen LogP contribution is 2.32. The second-order valence-electron chi connectivity index (χ2n) is 6.75. The summed E-state index contributed by atoms with van der Waals surface area (Å²) in [6, 6.07) is 11.3. The molecule has 1 atom stereocenters. The lowest BCUT2D eigenvalue weighted by molar-refractivity contribution is -0.132. The molecule has 1 aromatic heterocycles. The number of carbonyl (C=O) groups excluding carboxylic acids is 3. The molecule has 0 N–H and O–H groups in total. The molecule has 2 aliphatic rings. The van der Waals surface area contributed by atoms with Gasteiger partial charge in [-0.05, 0) is 37.5 Å². The number of fused-ring (bicyclic) bond motifs is 1. The second-order valence-corrected chi connectivity index (χ2v) is 6.75. The summed E-state index contributed by atoms with van der Waals surface area (Å²) < 4.78 is 0. The molecule has 1 saturated heterocycles. The molecule has 1 unspecified atom stereocenters. The highest BCUT2D eigenvalue weighted by atomic mass is 16.2. The molecule has 0 saturated carbocycles. The quantitative estimate of drug-likeness (QED) is 0.798. The molecule has 0 radical (unpaired) electrons. The van der Waals surface area contributed by atoms with Gasteiger partial charge in [-0.1, -0.05) is 29.8 Å². The van der Waals surface area contributed by atoms with Gasteiger partial charge in [0, 0.05) is 12.7 Å². The lowest BCUT2D eigenvalue weighted by atomic mass is 10.0. The first-order valence-corrected chi connectivity index (χ1v) is 8.73. The molecule has 4 rings (SSSR count). The van der Waals surface area contributed by atoms with Crippen LogP contribution in [0.3, 0.4) is 0 Å². The number of aryl methyl sites for hydroxylation is 1. The van der Waals surface area contributed by atoms with Crippen molar-refractivity contribution >= 4 is 17.7 Å². The number of rotatable bonds is 3. The largest absolute Gasteiger partial charge is 0.334 e. The fourth-order valence-corrected chi connectivity index (χ4v) is 3.68. The minimum absolute atomic E-state index is 0.00333. The Hall–Kier alpha value is -3.02. The van der Waals surface area contributed by atoms with E-state index in [9.17, 15) is 14.4 Å². The van der Waals surface area contributed by atoms with Crippen LogP contribution in [0.2, 0.25) is 0 Å². The number of pyridine rings is 1. The van der Waals surface area contributed by atoms with Gasteiger partial charge in [-0.25, -0.2) is 0 Å². The van der Waals surface area contributed by atoms with Crippen molar-refractivity contribution in [3.05, 3.63) is 65.0 Å². The Balaban J connectivity index is 1.52. The highest BCUT2D eigenvalue weighted by molar-refractivity contribution is 6.21. The standard InChI is InChI=1S/C20H19N3O3/c1-13-6-8-14(9-7-13)16-5-3-11-22(16)17(24)12-23-19(25)15-4-2-10-21-18(15)20(23)26/h2,4,6-10,16H,3,5,11-12H2,1H3. The molecule has 1 fully saturated rings. The maximum absolute atomic E-state index is 12.9. The summed E-state index contributed by atoms with van der Waals surface area (Å²) in [6.45, 7) is 2.42. The van der Waals surface area contributed by atoms with Crippen molar-refractivity contribution in [3.63, 3.8) is 0 Å². The highest BCUT2D eigenvalue weighted by Gasteiger charge is 2.40. The molecule has 26 heavy (non-hydrogen) atoms. The number of amides is 3. The Morgan fingerprint density at radius 1 is 1.15 bits per heavy atom. The lowest BCUT2D eigenvalue weighted by Crippen LogP contribution is -2.42. The summed E-state index contributed by atoms with van der Waals surface area (Å²) >= 11 is 0. The van der Waals surface area contributed by atoms with Gasteiger partial charge in [0.15, 0.2) is 0 Å². The molecule has 2 aliphatic heterocycles. The Bertz CT molecular complexity index is 856. The zero-order valence-corrected chi connectivity index (χ0v) is 14.5. The normalized spacial score (nSPS) is 19.2. The minimum Gasteiger partial charge on any atom is -0.334 e. The SMILES string of the molecule is Cc1ccc(C2CCCN2C(=O)CN2C(=O)c3cccnc3C2=O)cc1. The van der Waals surface area contributed by atoms with Crippen molar-refractivity contribution < 1.29 is 14.4 Å². The predicted molar refractivity (Wildman–Crippen MR) is 94.5 cm³/mol. The Morgan fingerprint density at radius 3 is 2.65 bits per heavy atom. The molecular weight excluding hydrogens is 330 g/mol. The first kappa shape index (κ1) is 16.4. The van der Waals surface area contributed by atoms with Crippen LogP contribution in [0.5, 0.6) is 0 Å². The lowest BCUT2D eigenvalue weighted by Gasteiger charge is -2.27. The number of aromatic nitrogens is 1. The van der Waals surface area contributed by atoms with E-state index in [1.165, 1.54) is 11.8 Å². The average Bonchev–Trinajstić information content (AvgIpc) is 3.23. The zero-order valence-electron chi connectivity index (χ0n) is 14.5. The molecule has 6 heteroatoms. The Labute approximate surface area is 151 Å². The van der Waals surface area contributed by atoms with E-state index in [0.717, 1.165) is 23.3 Å². The van der Waals surface area contributed by atoms with Gasteiger partial charge in [0.05, 0.1) is 11.6 Å². The minimum atomic E-state index is -0.495. The smallest absolute Gasteiger partial charge is 0.280 e. The van der Waals surface area contributed by atoms with E-state index in [1.54, 1.807) is 17.0 Å². The van der Waals surface area contributed by atoms with E-state index in [0.29, 0.717) is 6.54 Å². The van der Waals surface area contributed by atoms with Crippen LogP contribution in [0.1, 0.15) is 50.9 Å². The number of likely N-dealkylation sites (tertiary alicyclic amines) is 1. The van der Waals surface area contributed by atoms with E-state index in [1.807, 2.05) is 31.2 Å². The number of carbonyl (C=O) groups is 3. The topological polar surface area (TPSA) is 70.6 Å². The number of imide groups is 1. The van der Waals surface area contributed by atoms with Gasteiger partial charge in [-0.2, -0.15) is 0 Å². The van der Waals surface area contributed by atoms with Crippen molar-refractivity contribution in [1.29, 1.82) is 0 Å². The van der Waals surface area contributed by atoms with Crippen LogP contribution in [-0.4, -0.2) is 45.6 Å². The number of benzene rings is 1. The van der Waals surface area contributed by atoms with Crippen molar-refractivity contribution in [1.82, 2.24) is 14.8 Å². The number of hydrogen-bond acceptors (Lipinski definition) is 4. The van der Waals surface area contributed by atoms with Gasteiger partial charge in [0.25, 0.3) is 11.8 Å². The molecule has 6 nitrogen and oxygen atoms in total. The van der Waals surface area contributed by atoms with Crippen molar-refractivity contribution in [3.8, 4) is 0 Å². The number of nitrogens with zero attached hydrogens (tertiary/aromatic N) is 3. The fourth-order valence-electron chi connectivity index (χ4n) is 3.68. The summed E-state index contributed by atoms with van der Waals surface area (Å²) in [5.41, 5.74) is 2.65. The van der Waals surface area contributed by atoms with Gasteiger partial charge in [0.1, 0.15) is 12.2 Å². The predicted octanol–water partition coefficient (Wildman–Crippen LogP) is 2.35. The van der Waals surface area contributed by atoms with Gasteiger partial charge in [0.2, 0.25) is 5.91 Å². The molecule has 0 spiro atoms. The maximum atomic E-state index is 12.9. The molecule has 3 amide bonds. The number of hydrogen-bond donors (Lipinski definition) is 0. The van der Waals surface area contributed by atoms with E-state index < -0.39 is 11.8 Å². The van der Waals surface area contributed by atoms with Crippen LogP contribution in [0.25, 0.3) is 0 Å². The zero-order chi connectivity index (χ0) is 18.3. The Morgan fingerprint density at radius 2 is 1.92 bits per heavy atom. The molecule has 3 heterocycles. The van der Waals surface area contributed by atoms with Gasteiger partial charge < -0.3 is 4.90 Å². The van der Waals surface area contributed by atoms with Crippen LogP contribution in [0, 0.1) is 6.92 Å². The van der Waals surface area contributed by atoms with E-state index >= 15 is 0 Å². The first-order valence-electron chi connectivity index (χ1n) is 8.73. The third kappa shape index (κ3) is 2.67. The monoisotopic (exact) mass is 349 g/mol. The van der Waals surface area contributed by atoms with Crippen LogP contribution >= 0.6 is 0 Å².